The maximum absolute atomic E-state index is 15.7. The number of aromatic nitrogens is 2. The van der Waals surface area contributed by atoms with Gasteiger partial charge in [-0.2, -0.15) is 0 Å². The Balaban J connectivity index is 1.53. The number of carbonyl (C=O) groups excluding carboxylic acids is 1. The van der Waals surface area contributed by atoms with Crippen molar-refractivity contribution in [3.8, 4) is 11.1 Å². The Labute approximate surface area is 242 Å². The van der Waals surface area contributed by atoms with E-state index in [9.17, 15) is 18.4 Å². The number of piperazine rings is 1. The van der Waals surface area contributed by atoms with E-state index >= 15 is 4.39 Å². The maximum Gasteiger partial charge on any atom is 0.264 e. The number of hydrogen-bond donors (Lipinski definition) is 1. The molecule has 9 nitrogen and oxygen atoms in total. The summed E-state index contributed by atoms with van der Waals surface area (Å²) in [7, 11) is 3.39. The number of ether oxygens (including phenoxy) is 1. The molecule has 1 aromatic carbocycles. The van der Waals surface area contributed by atoms with Crippen LogP contribution in [0.15, 0.2) is 47.5 Å². The number of pyridine rings is 2. The van der Waals surface area contributed by atoms with Crippen LogP contribution in [0, 0.1) is 5.82 Å². The second-order valence-electron chi connectivity index (χ2n) is 11.0. The van der Waals surface area contributed by atoms with E-state index in [1.165, 1.54) is 19.2 Å². The molecule has 12 heteroatoms. The standard InChI is InChI=1S/C30H35F3N6O3/c1-18-15-38(8-7-36(18)3)26-13-24(31)21(20-5-6-27(34-14-20)39-9-10-42-19(2)16-39)11-25(26)35-30(41)23-17-37(4)28(40)12-22(23)29(32)33/h5-6,11-14,17-19,29H,7-10,15-16H2,1-4H3,(H,35,41)/t18-,19-/m0/s1. The van der Waals surface area contributed by atoms with Crippen molar-refractivity contribution in [2.75, 3.05) is 61.5 Å². The number of benzene rings is 1. The highest BCUT2D eigenvalue weighted by molar-refractivity contribution is 6.07. The van der Waals surface area contributed by atoms with Crippen LogP contribution >= 0.6 is 0 Å². The van der Waals surface area contributed by atoms with E-state index in [-0.39, 0.29) is 29.0 Å². The molecule has 5 rings (SSSR count). The third-order valence-corrected chi connectivity index (χ3v) is 8.00. The Morgan fingerprint density at radius 2 is 1.86 bits per heavy atom. The lowest BCUT2D eigenvalue weighted by atomic mass is 10.0. The van der Waals surface area contributed by atoms with Crippen LogP contribution in [-0.2, 0) is 11.8 Å². The van der Waals surface area contributed by atoms with Gasteiger partial charge in [-0.1, -0.05) is 0 Å². The lowest BCUT2D eigenvalue weighted by molar-refractivity contribution is 0.0529. The molecule has 0 spiro atoms. The van der Waals surface area contributed by atoms with Gasteiger partial charge in [0.15, 0.2) is 0 Å². The summed E-state index contributed by atoms with van der Waals surface area (Å²) < 4.78 is 50.0. The van der Waals surface area contributed by atoms with Crippen molar-refractivity contribution >= 4 is 23.1 Å². The van der Waals surface area contributed by atoms with Crippen molar-refractivity contribution in [3.63, 3.8) is 0 Å². The first kappa shape index (κ1) is 29.6. The average Bonchev–Trinajstić information content (AvgIpc) is 2.96. The molecule has 2 saturated heterocycles. The van der Waals surface area contributed by atoms with Crippen molar-refractivity contribution in [1.82, 2.24) is 14.5 Å². The van der Waals surface area contributed by atoms with Gasteiger partial charge in [0.2, 0.25) is 0 Å². The Morgan fingerprint density at radius 1 is 1.07 bits per heavy atom. The van der Waals surface area contributed by atoms with Crippen molar-refractivity contribution in [3.05, 3.63) is 70.0 Å². The van der Waals surface area contributed by atoms with Crippen LogP contribution in [0.1, 0.15) is 36.2 Å². The molecule has 42 heavy (non-hydrogen) atoms. The van der Waals surface area contributed by atoms with Crippen LogP contribution in [0.3, 0.4) is 0 Å². The first-order chi connectivity index (χ1) is 20.0. The number of aryl methyl sites for hydroxylation is 1. The summed E-state index contributed by atoms with van der Waals surface area (Å²) in [5.41, 5.74) is -0.220. The fourth-order valence-corrected chi connectivity index (χ4v) is 5.38. The number of anilines is 3. The first-order valence-corrected chi connectivity index (χ1v) is 13.9. The van der Waals surface area contributed by atoms with Crippen LogP contribution in [0.2, 0.25) is 0 Å². The Kier molecular flexibility index (Phi) is 8.55. The molecule has 0 saturated carbocycles. The Bertz CT molecular complexity index is 1510. The van der Waals surface area contributed by atoms with Gasteiger partial charge < -0.3 is 29.3 Å². The monoisotopic (exact) mass is 584 g/mol. The molecule has 0 radical (unpaired) electrons. The normalized spacial score (nSPS) is 19.8. The number of rotatable bonds is 6. The van der Waals surface area contributed by atoms with Crippen LogP contribution in [0.5, 0.6) is 0 Å². The summed E-state index contributed by atoms with van der Waals surface area (Å²) >= 11 is 0. The maximum atomic E-state index is 15.7. The van der Waals surface area contributed by atoms with E-state index in [0.717, 1.165) is 29.2 Å². The van der Waals surface area contributed by atoms with Crippen molar-refractivity contribution < 1.29 is 22.7 Å². The van der Waals surface area contributed by atoms with Crippen molar-refractivity contribution in [1.29, 1.82) is 0 Å². The van der Waals surface area contributed by atoms with E-state index in [4.69, 9.17) is 4.74 Å². The smallest absolute Gasteiger partial charge is 0.264 e. The molecule has 2 aliphatic rings. The topological polar surface area (TPSA) is 82.9 Å². The molecule has 4 heterocycles. The highest BCUT2D eigenvalue weighted by atomic mass is 19.3. The zero-order valence-electron chi connectivity index (χ0n) is 24.1. The van der Waals surface area contributed by atoms with Crippen molar-refractivity contribution in [2.45, 2.75) is 32.4 Å². The number of nitrogens with zero attached hydrogens (tertiary/aromatic N) is 5. The van der Waals surface area contributed by atoms with Gasteiger partial charge in [-0.3, -0.25) is 9.59 Å². The van der Waals surface area contributed by atoms with Gasteiger partial charge in [0.05, 0.1) is 29.6 Å². The van der Waals surface area contributed by atoms with Gasteiger partial charge >= 0.3 is 0 Å². The molecule has 0 aliphatic carbocycles. The molecule has 2 atom stereocenters. The summed E-state index contributed by atoms with van der Waals surface area (Å²) in [5.74, 6) is -0.573. The number of amides is 1. The SMILES string of the molecule is C[C@H]1CN(c2ccc(-c3cc(NC(=O)c4cn(C)c(=O)cc4C(F)F)c(N4CCN(C)[C@@H](C)C4)cc3F)cn2)CCO1. The number of carbonyl (C=O) groups is 1. The number of morpholine rings is 1. The summed E-state index contributed by atoms with van der Waals surface area (Å²) in [6.07, 6.45) is -0.276. The second kappa shape index (κ2) is 12.1. The number of halogens is 3. The molecule has 224 valence electrons. The highest BCUT2D eigenvalue weighted by Gasteiger charge is 2.27. The van der Waals surface area contributed by atoms with E-state index in [1.54, 1.807) is 12.3 Å². The fraction of sp³-hybridized carbons (Fsp3) is 0.433. The van der Waals surface area contributed by atoms with Crippen molar-refractivity contribution in [2.24, 2.45) is 7.05 Å². The van der Waals surface area contributed by atoms with Gasteiger partial charge in [-0.15, -0.1) is 0 Å². The zero-order chi connectivity index (χ0) is 30.1. The molecule has 1 amide bonds. The molecule has 3 aromatic rings. The summed E-state index contributed by atoms with van der Waals surface area (Å²) in [6.45, 7) is 7.92. The minimum Gasteiger partial charge on any atom is -0.375 e. The molecular formula is C30H35F3N6O3. The third-order valence-electron chi connectivity index (χ3n) is 8.00. The van der Waals surface area contributed by atoms with Gasteiger partial charge in [0, 0.05) is 81.0 Å². The van der Waals surface area contributed by atoms with E-state index < -0.39 is 29.3 Å². The fourth-order valence-electron chi connectivity index (χ4n) is 5.38. The van der Waals surface area contributed by atoms with Gasteiger partial charge in [-0.25, -0.2) is 18.2 Å². The van der Waals surface area contributed by atoms with Gasteiger partial charge in [0.25, 0.3) is 17.9 Å². The van der Waals surface area contributed by atoms with Gasteiger partial charge in [0.1, 0.15) is 11.6 Å². The Morgan fingerprint density at radius 3 is 2.52 bits per heavy atom. The number of likely N-dealkylation sites (N-methyl/N-ethyl adjacent to an activating group) is 1. The first-order valence-electron chi connectivity index (χ1n) is 13.9. The van der Waals surface area contributed by atoms with E-state index in [0.29, 0.717) is 44.0 Å². The zero-order valence-corrected chi connectivity index (χ0v) is 24.1. The predicted octanol–water partition coefficient (Wildman–Crippen LogP) is 4.14. The van der Waals surface area contributed by atoms with Crippen LogP contribution < -0.4 is 20.7 Å². The van der Waals surface area contributed by atoms with E-state index in [1.807, 2.05) is 24.9 Å². The molecule has 2 aliphatic heterocycles. The lowest BCUT2D eigenvalue weighted by Gasteiger charge is -2.39. The van der Waals surface area contributed by atoms with Crippen LogP contribution in [-0.4, -0.2) is 78.9 Å². The number of hydrogen-bond acceptors (Lipinski definition) is 7. The van der Waals surface area contributed by atoms with E-state index in [2.05, 4.69) is 27.0 Å². The average molecular weight is 585 g/mol. The summed E-state index contributed by atoms with van der Waals surface area (Å²) in [5, 5.41) is 2.75. The molecule has 2 fully saturated rings. The predicted molar refractivity (Wildman–Crippen MR) is 156 cm³/mol. The highest BCUT2D eigenvalue weighted by Crippen LogP contribution is 2.36. The van der Waals surface area contributed by atoms with Gasteiger partial charge in [-0.05, 0) is 45.2 Å². The summed E-state index contributed by atoms with van der Waals surface area (Å²) in [4.78, 5) is 36.2. The number of nitrogens with one attached hydrogen (secondary N) is 1. The quantitative estimate of drug-likeness (QED) is 0.467. The molecule has 1 N–H and O–H groups in total. The Hall–Kier alpha value is -3.90. The largest absolute Gasteiger partial charge is 0.375 e. The minimum absolute atomic E-state index is 0.0753. The van der Waals surface area contributed by atoms with Crippen LogP contribution in [0.25, 0.3) is 11.1 Å². The molecular weight excluding hydrogens is 549 g/mol. The lowest BCUT2D eigenvalue weighted by Crippen LogP contribution is -2.50. The molecule has 2 aromatic heterocycles. The second-order valence-corrected chi connectivity index (χ2v) is 11.0. The van der Waals surface area contributed by atoms with Crippen LogP contribution in [0.4, 0.5) is 30.4 Å². The third kappa shape index (κ3) is 6.14. The molecule has 0 unspecified atom stereocenters. The molecule has 0 bridgehead atoms. The minimum atomic E-state index is -3.03. The number of alkyl halides is 2. The summed E-state index contributed by atoms with van der Waals surface area (Å²) in [6, 6.07) is 7.41.